The summed E-state index contributed by atoms with van der Waals surface area (Å²) in [6.45, 7) is 1.88. The Labute approximate surface area is 172 Å². The average molecular weight is 403 g/mol. The van der Waals surface area contributed by atoms with Crippen molar-refractivity contribution < 1.29 is 13.9 Å². The van der Waals surface area contributed by atoms with Crippen molar-refractivity contribution in [3.8, 4) is 17.4 Å². The Balaban J connectivity index is 1.35. The SMILES string of the molecule is Cc1nccn1-c1ccc(Oc2ccc(NC(=O)Cc3ccc(F)cc3)cc2)nn1. The van der Waals surface area contributed by atoms with Gasteiger partial charge in [-0.1, -0.05) is 12.1 Å². The van der Waals surface area contributed by atoms with Crippen LogP contribution in [0.15, 0.2) is 73.1 Å². The van der Waals surface area contributed by atoms with Crippen molar-refractivity contribution in [3.05, 3.63) is 90.3 Å². The molecule has 0 spiro atoms. The normalized spacial score (nSPS) is 10.6. The van der Waals surface area contributed by atoms with E-state index in [-0.39, 0.29) is 18.1 Å². The highest BCUT2D eigenvalue weighted by Gasteiger charge is 2.07. The summed E-state index contributed by atoms with van der Waals surface area (Å²) in [5.74, 6) is 1.86. The fourth-order valence-electron chi connectivity index (χ4n) is 2.84. The van der Waals surface area contributed by atoms with Crippen LogP contribution < -0.4 is 10.1 Å². The lowest BCUT2D eigenvalue weighted by molar-refractivity contribution is -0.115. The number of hydrogen-bond donors (Lipinski definition) is 1. The van der Waals surface area contributed by atoms with Gasteiger partial charge >= 0.3 is 0 Å². The van der Waals surface area contributed by atoms with Gasteiger partial charge in [-0.25, -0.2) is 9.37 Å². The van der Waals surface area contributed by atoms with Gasteiger partial charge in [0.2, 0.25) is 11.8 Å². The quantitative estimate of drug-likeness (QED) is 0.525. The predicted molar refractivity (Wildman–Crippen MR) is 109 cm³/mol. The van der Waals surface area contributed by atoms with Gasteiger partial charge < -0.3 is 10.1 Å². The molecule has 150 valence electrons. The van der Waals surface area contributed by atoms with Gasteiger partial charge in [-0.2, -0.15) is 0 Å². The molecule has 0 aliphatic carbocycles. The van der Waals surface area contributed by atoms with E-state index in [2.05, 4.69) is 20.5 Å². The molecule has 30 heavy (non-hydrogen) atoms. The number of carbonyl (C=O) groups excluding carboxylic acids is 1. The number of anilines is 1. The maximum absolute atomic E-state index is 12.9. The molecule has 2 aromatic carbocycles. The maximum Gasteiger partial charge on any atom is 0.238 e. The van der Waals surface area contributed by atoms with Crippen LogP contribution >= 0.6 is 0 Å². The molecule has 4 aromatic rings. The van der Waals surface area contributed by atoms with Gasteiger partial charge in [-0.15, -0.1) is 10.2 Å². The molecular formula is C22H18FN5O2. The van der Waals surface area contributed by atoms with E-state index >= 15 is 0 Å². The number of hydrogen-bond acceptors (Lipinski definition) is 5. The Morgan fingerprint density at radius 3 is 2.43 bits per heavy atom. The lowest BCUT2D eigenvalue weighted by atomic mass is 10.1. The van der Waals surface area contributed by atoms with Gasteiger partial charge in [0.05, 0.1) is 6.42 Å². The van der Waals surface area contributed by atoms with Crippen molar-refractivity contribution in [1.29, 1.82) is 0 Å². The van der Waals surface area contributed by atoms with E-state index in [4.69, 9.17) is 4.74 Å². The molecule has 2 heterocycles. The number of halogens is 1. The molecule has 0 aliphatic heterocycles. The van der Waals surface area contributed by atoms with Gasteiger partial charge in [0.15, 0.2) is 5.82 Å². The summed E-state index contributed by atoms with van der Waals surface area (Å²) in [7, 11) is 0. The Hall–Kier alpha value is -4.07. The van der Waals surface area contributed by atoms with E-state index in [9.17, 15) is 9.18 Å². The first-order valence-corrected chi connectivity index (χ1v) is 9.23. The smallest absolute Gasteiger partial charge is 0.238 e. The van der Waals surface area contributed by atoms with E-state index < -0.39 is 0 Å². The van der Waals surface area contributed by atoms with Crippen molar-refractivity contribution in [1.82, 2.24) is 19.7 Å². The average Bonchev–Trinajstić information content (AvgIpc) is 3.18. The molecule has 0 saturated heterocycles. The van der Waals surface area contributed by atoms with Crippen LogP contribution in [0.4, 0.5) is 10.1 Å². The Bertz CT molecular complexity index is 1140. The fraction of sp³-hybridized carbons (Fsp3) is 0.0909. The topological polar surface area (TPSA) is 81.9 Å². The first-order chi connectivity index (χ1) is 14.6. The molecule has 0 fully saturated rings. The molecule has 0 bridgehead atoms. The molecule has 0 radical (unpaired) electrons. The highest BCUT2D eigenvalue weighted by Crippen LogP contribution is 2.22. The molecule has 0 atom stereocenters. The summed E-state index contributed by atoms with van der Waals surface area (Å²) in [6, 6.07) is 16.3. The highest BCUT2D eigenvalue weighted by atomic mass is 19.1. The third-order valence-corrected chi connectivity index (χ3v) is 4.34. The minimum absolute atomic E-state index is 0.164. The second-order valence-corrected chi connectivity index (χ2v) is 6.55. The summed E-state index contributed by atoms with van der Waals surface area (Å²) in [5, 5.41) is 11.0. The monoisotopic (exact) mass is 403 g/mol. The zero-order valence-corrected chi connectivity index (χ0v) is 16.1. The summed E-state index contributed by atoms with van der Waals surface area (Å²) < 4.78 is 20.5. The van der Waals surface area contributed by atoms with Crippen LogP contribution in [0.2, 0.25) is 0 Å². The van der Waals surface area contributed by atoms with Gasteiger partial charge in [0.25, 0.3) is 0 Å². The van der Waals surface area contributed by atoms with Crippen molar-refractivity contribution in [2.45, 2.75) is 13.3 Å². The highest BCUT2D eigenvalue weighted by molar-refractivity contribution is 5.92. The van der Waals surface area contributed by atoms with E-state index in [1.165, 1.54) is 12.1 Å². The van der Waals surface area contributed by atoms with Crippen LogP contribution in [0.5, 0.6) is 11.6 Å². The second-order valence-electron chi connectivity index (χ2n) is 6.55. The lowest BCUT2D eigenvalue weighted by Crippen LogP contribution is -2.14. The van der Waals surface area contributed by atoms with E-state index in [1.54, 1.807) is 54.7 Å². The van der Waals surface area contributed by atoms with Gasteiger partial charge in [-0.05, 0) is 55.0 Å². The number of aryl methyl sites for hydroxylation is 1. The van der Waals surface area contributed by atoms with Crippen LogP contribution in [-0.4, -0.2) is 25.7 Å². The number of nitrogens with one attached hydrogen (secondary N) is 1. The zero-order chi connectivity index (χ0) is 20.9. The maximum atomic E-state index is 12.9. The van der Waals surface area contributed by atoms with Crippen LogP contribution in [-0.2, 0) is 11.2 Å². The summed E-state index contributed by atoms with van der Waals surface area (Å²) in [6.07, 6.45) is 3.67. The third kappa shape index (κ3) is 4.67. The summed E-state index contributed by atoms with van der Waals surface area (Å²) in [4.78, 5) is 16.3. The number of benzene rings is 2. The van der Waals surface area contributed by atoms with E-state index in [0.29, 0.717) is 23.1 Å². The molecular weight excluding hydrogens is 385 g/mol. The molecule has 2 aromatic heterocycles. The number of imidazole rings is 1. The minimum Gasteiger partial charge on any atom is -0.438 e. The zero-order valence-electron chi connectivity index (χ0n) is 16.1. The number of rotatable bonds is 6. The molecule has 4 rings (SSSR count). The van der Waals surface area contributed by atoms with Gasteiger partial charge in [0, 0.05) is 24.1 Å². The second kappa shape index (κ2) is 8.52. The van der Waals surface area contributed by atoms with Crippen LogP contribution in [0.1, 0.15) is 11.4 Å². The van der Waals surface area contributed by atoms with Crippen LogP contribution in [0.3, 0.4) is 0 Å². The van der Waals surface area contributed by atoms with Crippen LogP contribution in [0, 0.1) is 12.7 Å². The molecule has 8 heteroatoms. The first kappa shape index (κ1) is 19.3. The van der Waals surface area contributed by atoms with Crippen molar-refractivity contribution >= 4 is 11.6 Å². The summed E-state index contributed by atoms with van der Waals surface area (Å²) in [5.41, 5.74) is 1.37. The van der Waals surface area contributed by atoms with E-state index in [0.717, 1.165) is 11.4 Å². The largest absolute Gasteiger partial charge is 0.438 e. The molecule has 0 unspecified atom stereocenters. The van der Waals surface area contributed by atoms with Crippen molar-refractivity contribution in [2.24, 2.45) is 0 Å². The number of carbonyl (C=O) groups is 1. The Kier molecular flexibility index (Phi) is 5.47. The van der Waals surface area contributed by atoms with Crippen molar-refractivity contribution in [3.63, 3.8) is 0 Å². The fourth-order valence-corrected chi connectivity index (χ4v) is 2.84. The van der Waals surface area contributed by atoms with Crippen molar-refractivity contribution in [2.75, 3.05) is 5.32 Å². The molecule has 0 aliphatic rings. The standard InChI is InChI=1S/C22H18FN5O2/c1-15-24-12-13-28(15)20-10-11-22(27-26-20)30-19-8-6-18(7-9-19)25-21(29)14-16-2-4-17(23)5-3-16/h2-13H,14H2,1H3,(H,25,29). The molecule has 1 N–H and O–H groups in total. The van der Waals surface area contributed by atoms with E-state index in [1.807, 2.05) is 17.7 Å². The molecule has 1 amide bonds. The van der Waals surface area contributed by atoms with Gasteiger partial charge in [-0.3, -0.25) is 9.36 Å². The minimum atomic E-state index is -0.328. The number of ether oxygens (including phenoxy) is 1. The predicted octanol–water partition coefficient (Wildman–Crippen LogP) is 4.08. The number of aromatic nitrogens is 4. The molecule has 7 nitrogen and oxygen atoms in total. The van der Waals surface area contributed by atoms with Gasteiger partial charge in [0.1, 0.15) is 17.4 Å². The van der Waals surface area contributed by atoms with Crippen LogP contribution in [0.25, 0.3) is 5.82 Å². The number of amides is 1. The third-order valence-electron chi connectivity index (χ3n) is 4.34. The summed E-state index contributed by atoms with van der Waals surface area (Å²) >= 11 is 0. The molecule has 0 saturated carbocycles. The first-order valence-electron chi connectivity index (χ1n) is 9.23. The number of nitrogens with zero attached hydrogens (tertiary/aromatic N) is 4. The lowest BCUT2D eigenvalue weighted by Gasteiger charge is -2.08. The Morgan fingerprint density at radius 1 is 1.03 bits per heavy atom. The Morgan fingerprint density at radius 2 is 1.80 bits per heavy atom.